The van der Waals surface area contributed by atoms with Gasteiger partial charge in [0.05, 0.1) is 16.8 Å². The number of carbonyl (C=O) groups is 1. The van der Waals surface area contributed by atoms with Gasteiger partial charge in [-0.3, -0.25) is 14.8 Å². The van der Waals surface area contributed by atoms with Crippen LogP contribution in [0.3, 0.4) is 0 Å². The van der Waals surface area contributed by atoms with Crippen molar-refractivity contribution in [1.82, 2.24) is 20.3 Å². The molecule has 0 radical (unpaired) electrons. The molecule has 1 aliphatic rings. The largest absolute Gasteiger partial charge is 0.367 e. The number of fused-ring (bicyclic) bond motifs is 2. The molecule has 1 fully saturated rings. The molecule has 32 heavy (non-hydrogen) atoms. The molecule has 1 saturated heterocycles. The maximum Gasteiger partial charge on any atom is 0.257 e. The SMILES string of the molecule is Cc1cc2cc(NC(=O)c3ccc(N4C[C@@H](C)N[C@H](C)C4)c4nccnc34)cc(F)c2[nH]1. The standard InChI is InChI=1S/C24H25FN6O/c1-13-8-16-9-17(10-19(25)21(16)29-13)30-24(32)18-4-5-20(23-22(18)26-6-7-27-23)31-11-14(2)28-15(3)12-31/h4-10,14-15,28-29H,11-12H2,1-3H3,(H,30,32)/t14-,15-/m1/s1. The molecule has 2 aromatic heterocycles. The second-order valence-electron chi connectivity index (χ2n) is 8.59. The second kappa shape index (κ2) is 7.87. The lowest BCUT2D eigenvalue weighted by Gasteiger charge is -2.38. The number of nitrogens with zero attached hydrogens (tertiary/aromatic N) is 3. The molecule has 0 spiro atoms. The average molecular weight is 433 g/mol. The molecule has 3 N–H and O–H groups in total. The van der Waals surface area contributed by atoms with Gasteiger partial charge in [0.1, 0.15) is 16.9 Å². The first kappa shape index (κ1) is 20.4. The molecule has 1 aliphatic heterocycles. The molecule has 4 aromatic rings. The summed E-state index contributed by atoms with van der Waals surface area (Å²) in [6.45, 7) is 7.86. The highest BCUT2D eigenvalue weighted by molar-refractivity contribution is 6.13. The number of aromatic nitrogens is 3. The number of H-pyrrole nitrogens is 1. The van der Waals surface area contributed by atoms with Gasteiger partial charge in [-0.1, -0.05) is 0 Å². The minimum absolute atomic E-state index is 0.343. The minimum Gasteiger partial charge on any atom is -0.367 e. The molecule has 7 nitrogen and oxygen atoms in total. The van der Waals surface area contributed by atoms with E-state index in [1.807, 2.05) is 19.1 Å². The first-order valence-corrected chi connectivity index (χ1v) is 10.7. The van der Waals surface area contributed by atoms with Crippen molar-refractivity contribution in [3.05, 3.63) is 59.8 Å². The molecule has 0 unspecified atom stereocenters. The van der Waals surface area contributed by atoms with Gasteiger partial charge in [0, 0.05) is 54.3 Å². The van der Waals surface area contributed by atoms with Gasteiger partial charge in [0.2, 0.25) is 0 Å². The van der Waals surface area contributed by atoms with E-state index in [1.54, 1.807) is 24.5 Å². The highest BCUT2D eigenvalue weighted by Crippen LogP contribution is 2.29. The summed E-state index contributed by atoms with van der Waals surface area (Å²) in [6, 6.07) is 9.31. The van der Waals surface area contributed by atoms with Crippen LogP contribution in [0.15, 0.2) is 42.7 Å². The van der Waals surface area contributed by atoms with E-state index < -0.39 is 5.82 Å². The number of rotatable bonds is 3. The summed E-state index contributed by atoms with van der Waals surface area (Å²) in [7, 11) is 0. The van der Waals surface area contributed by atoms with E-state index in [0.29, 0.717) is 45.3 Å². The zero-order chi connectivity index (χ0) is 22.4. The molecule has 5 rings (SSSR count). The third kappa shape index (κ3) is 3.67. The normalized spacial score (nSPS) is 18.9. The fourth-order valence-electron chi connectivity index (χ4n) is 4.62. The van der Waals surface area contributed by atoms with Crippen molar-refractivity contribution < 1.29 is 9.18 Å². The molecular weight excluding hydrogens is 407 g/mol. The Kier molecular flexibility index (Phi) is 5.01. The minimum atomic E-state index is -0.409. The van der Waals surface area contributed by atoms with Crippen LogP contribution in [0, 0.1) is 12.7 Å². The fourth-order valence-corrected chi connectivity index (χ4v) is 4.62. The molecule has 0 bridgehead atoms. The maximum absolute atomic E-state index is 14.5. The topological polar surface area (TPSA) is 85.9 Å². The van der Waals surface area contributed by atoms with Crippen molar-refractivity contribution in [1.29, 1.82) is 0 Å². The van der Waals surface area contributed by atoms with Gasteiger partial charge < -0.3 is 20.5 Å². The van der Waals surface area contributed by atoms with Crippen molar-refractivity contribution in [3.8, 4) is 0 Å². The Labute approximate surface area is 185 Å². The lowest BCUT2D eigenvalue weighted by Crippen LogP contribution is -2.54. The molecule has 0 aliphatic carbocycles. The number of nitrogens with one attached hydrogen (secondary N) is 3. The number of benzene rings is 2. The summed E-state index contributed by atoms with van der Waals surface area (Å²) >= 11 is 0. The van der Waals surface area contributed by atoms with E-state index in [0.717, 1.165) is 24.5 Å². The molecule has 0 saturated carbocycles. The van der Waals surface area contributed by atoms with Crippen LogP contribution in [-0.4, -0.2) is 46.0 Å². The van der Waals surface area contributed by atoms with Gasteiger partial charge in [0.25, 0.3) is 5.91 Å². The van der Waals surface area contributed by atoms with Crippen molar-refractivity contribution in [2.45, 2.75) is 32.9 Å². The third-order valence-corrected chi connectivity index (χ3v) is 5.82. The van der Waals surface area contributed by atoms with Crippen LogP contribution in [0.5, 0.6) is 0 Å². The number of hydrogen-bond acceptors (Lipinski definition) is 5. The predicted molar refractivity (Wildman–Crippen MR) is 125 cm³/mol. The summed E-state index contributed by atoms with van der Waals surface area (Å²) in [5.74, 6) is -0.761. The fraction of sp³-hybridized carbons (Fsp3) is 0.292. The van der Waals surface area contributed by atoms with Crippen LogP contribution in [-0.2, 0) is 0 Å². The van der Waals surface area contributed by atoms with Crippen molar-refractivity contribution in [2.75, 3.05) is 23.3 Å². The lowest BCUT2D eigenvalue weighted by atomic mass is 10.1. The highest BCUT2D eigenvalue weighted by atomic mass is 19.1. The van der Waals surface area contributed by atoms with E-state index >= 15 is 0 Å². The Morgan fingerprint density at radius 3 is 2.56 bits per heavy atom. The molecular formula is C24H25FN6O. The Bertz CT molecular complexity index is 1320. The second-order valence-corrected chi connectivity index (χ2v) is 8.59. The Balaban J connectivity index is 1.50. The zero-order valence-corrected chi connectivity index (χ0v) is 18.2. The third-order valence-electron chi connectivity index (χ3n) is 5.82. The van der Waals surface area contributed by atoms with Gasteiger partial charge in [-0.25, -0.2) is 4.39 Å². The van der Waals surface area contributed by atoms with Crippen molar-refractivity contribution >= 4 is 39.2 Å². The smallest absolute Gasteiger partial charge is 0.257 e. The molecule has 2 atom stereocenters. The van der Waals surface area contributed by atoms with Crippen LogP contribution in [0.4, 0.5) is 15.8 Å². The van der Waals surface area contributed by atoms with Crippen LogP contribution in [0.25, 0.3) is 21.9 Å². The van der Waals surface area contributed by atoms with E-state index in [1.165, 1.54) is 6.07 Å². The molecule has 164 valence electrons. The summed E-state index contributed by atoms with van der Waals surface area (Å²) in [6.07, 6.45) is 3.22. The highest BCUT2D eigenvalue weighted by Gasteiger charge is 2.24. The maximum atomic E-state index is 14.5. The Morgan fingerprint density at radius 1 is 1.09 bits per heavy atom. The van der Waals surface area contributed by atoms with Crippen LogP contribution < -0.4 is 15.5 Å². The quantitative estimate of drug-likeness (QED) is 0.456. The van der Waals surface area contributed by atoms with E-state index in [-0.39, 0.29) is 5.91 Å². The Hall–Kier alpha value is -3.52. The number of carbonyl (C=O) groups excluding carboxylic acids is 1. The molecule has 2 aromatic carbocycles. The summed E-state index contributed by atoms with van der Waals surface area (Å²) in [5, 5.41) is 7.06. The molecule has 8 heteroatoms. The predicted octanol–water partition coefficient (Wildman–Crippen LogP) is 4.00. The molecule has 1 amide bonds. The number of piperazine rings is 1. The van der Waals surface area contributed by atoms with E-state index in [2.05, 4.69) is 44.3 Å². The van der Waals surface area contributed by atoms with Crippen LogP contribution in [0.2, 0.25) is 0 Å². The van der Waals surface area contributed by atoms with Gasteiger partial charge in [-0.2, -0.15) is 0 Å². The van der Waals surface area contributed by atoms with Gasteiger partial charge in [0.15, 0.2) is 0 Å². The van der Waals surface area contributed by atoms with Gasteiger partial charge in [-0.15, -0.1) is 0 Å². The van der Waals surface area contributed by atoms with Crippen molar-refractivity contribution in [2.24, 2.45) is 0 Å². The number of aryl methyl sites for hydroxylation is 1. The number of halogens is 1. The van der Waals surface area contributed by atoms with Crippen molar-refractivity contribution in [3.63, 3.8) is 0 Å². The summed E-state index contributed by atoms with van der Waals surface area (Å²) < 4.78 is 14.5. The van der Waals surface area contributed by atoms with E-state index in [9.17, 15) is 9.18 Å². The zero-order valence-electron chi connectivity index (χ0n) is 18.2. The number of amides is 1. The number of hydrogen-bond donors (Lipinski definition) is 3. The van der Waals surface area contributed by atoms with E-state index in [4.69, 9.17) is 0 Å². The average Bonchev–Trinajstić information content (AvgIpc) is 3.13. The molecule has 3 heterocycles. The monoisotopic (exact) mass is 432 g/mol. The lowest BCUT2D eigenvalue weighted by molar-refractivity contribution is 0.102. The van der Waals surface area contributed by atoms with Gasteiger partial charge in [-0.05, 0) is 51.1 Å². The summed E-state index contributed by atoms with van der Waals surface area (Å²) in [4.78, 5) is 27.4. The van der Waals surface area contributed by atoms with Crippen LogP contribution in [0.1, 0.15) is 29.9 Å². The van der Waals surface area contributed by atoms with Crippen LogP contribution >= 0.6 is 0 Å². The Morgan fingerprint density at radius 2 is 1.81 bits per heavy atom. The first-order chi connectivity index (χ1) is 15.4. The van der Waals surface area contributed by atoms with Gasteiger partial charge >= 0.3 is 0 Å². The first-order valence-electron chi connectivity index (χ1n) is 10.7. The number of anilines is 2. The number of aromatic amines is 1. The summed E-state index contributed by atoms with van der Waals surface area (Å²) in [5.41, 5.74) is 4.25.